The van der Waals surface area contributed by atoms with Gasteiger partial charge in [0.1, 0.15) is 0 Å². The van der Waals surface area contributed by atoms with Crippen LogP contribution < -0.4 is 8.92 Å². The fourth-order valence-corrected chi connectivity index (χ4v) is 1.59. The van der Waals surface area contributed by atoms with Gasteiger partial charge in [0.05, 0.1) is 0 Å². The zero-order chi connectivity index (χ0) is 12.1. The number of rotatable bonds is 4. The van der Waals surface area contributed by atoms with E-state index in [0.29, 0.717) is 6.29 Å². The van der Waals surface area contributed by atoms with Crippen molar-refractivity contribution in [3.63, 3.8) is 0 Å². The van der Waals surface area contributed by atoms with Gasteiger partial charge in [0, 0.05) is 27.3 Å². The van der Waals surface area contributed by atoms with Crippen molar-refractivity contribution in [3.8, 4) is 11.5 Å². The molecular formula is C8H7NO5PSTl-. The Labute approximate surface area is 123 Å². The zero-order valence-electron chi connectivity index (χ0n) is 8.69. The van der Waals surface area contributed by atoms with Crippen LogP contribution in [0.25, 0.3) is 0 Å². The van der Waals surface area contributed by atoms with Crippen LogP contribution in [0.5, 0.6) is 11.5 Å². The van der Waals surface area contributed by atoms with Crippen LogP contribution in [0.15, 0.2) is 12.1 Å². The van der Waals surface area contributed by atoms with E-state index >= 15 is 0 Å². The van der Waals surface area contributed by atoms with Crippen molar-refractivity contribution in [2.24, 2.45) is 0 Å². The van der Waals surface area contributed by atoms with Gasteiger partial charge in [-0.3, -0.25) is 0 Å². The molecule has 0 spiro atoms. The molecule has 6 nitrogen and oxygen atoms in total. The summed E-state index contributed by atoms with van der Waals surface area (Å²) in [5, 5.41) is 10.7. The molecule has 0 bridgehead atoms. The first-order valence-electron chi connectivity index (χ1n) is 3.97. The molecule has 0 aliphatic carbocycles. The Morgan fingerprint density at radius 3 is 2.53 bits per heavy atom. The SMILES string of the molecule is COc1cc(C=O)c([N+](=O)[O-])cc1O[SH-]#P.[Tl]. The molecule has 17 heavy (non-hydrogen) atoms. The predicted molar refractivity (Wildman–Crippen MR) is 67.1 cm³/mol. The molecule has 9 heteroatoms. The first kappa shape index (κ1) is 16.6. The quantitative estimate of drug-likeness (QED) is 0.128. The minimum absolute atomic E-state index is 0. The topological polar surface area (TPSA) is 78.7 Å². The second-order valence-corrected chi connectivity index (χ2v) is 3.45. The molecule has 0 aliphatic heterocycles. The number of nitro benzene ring substituents is 1. The number of thiol groups is 1. The average molecular weight is 465 g/mol. The third-order valence-electron chi connectivity index (χ3n) is 1.78. The van der Waals surface area contributed by atoms with E-state index in [0.717, 1.165) is 6.07 Å². The summed E-state index contributed by atoms with van der Waals surface area (Å²) in [5.41, 5.74) is -0.396. The zero-order valence-corrected chi connectivity index (χ0v) is 15.0. The number of aldehydes is 1. The van der Waals surface area contributed by atoms with Gasteiger partial charge in [-0.15, -0.1) is 0 Å². The summed E-state index contributed by atoms with van der Waals surface area (Å²) in [4.78, 5) is 20.7. The van der Waals surface area contributed by atoms with Crippen LogP contribution >= 0.6 is 7.81 Å². The monoisotopic (exact) mass is 465 g/mol. The second kappa shape index (κ2) is 7.83. The van der Waals surface area contributed by atoms with Gasteiger partial charge in [0.25, 0.3) is 0 Å². The summed E-state index contributed by atoms with van der Waals surface area (Å²) >= 11 is 0.274. The number of nitrogens with zero attached hydrogens (tertiary/aromatic N) is 1. The Kier molecular flexibility index (Phi) is 7.64. The van der Waals surface area contributed by atoms with Gasteiger partial charge >= 0.3 is 95.9 Å². The van der Waals surface area contributed by atoms with Crippen LogP contribution in [0.1, 0.15) is 10.4 Å². The molecule has 0 heterocycles. The van der Waals surface area contributed by atoms with Crippen molar-refractivity contribution in [1.29, 1.82) is 0 Å². The van der Waals surface area contributed by atoms with Crippen molar-refractivity contribution in [2.75, 3.05) is 7.11 Å². The number of ether oxygens (including phenoxy) is 1. The summed E-state index contributed by atoms with van der Waals surface area (Å²) in [6.07, 6.45) is 0.392. The van der Waals surface area contributed by atoms with Gasteiger partial charge in [-0.05, 0) is 0 Å². The Morgan fingerprint density at radius 1 is 1.47 bits per heavy atom. The summed E-state index contributed by atoms with van der Waals surface area (Å²) < 4.78 is 9.94. The van der Waals surface area contributed by atoms with Crippen LogP contribution in [-0.4, -0.2) is 45.6 Å². The largest absolute Gasteiger partial charge is 0 e. The van der Waals surface area contributed by atoms with Crippen molar-refractivity contribution < 1.29 is 18.6 Å². The number of hydrogen-bond donors (Lipinski definition) is 0. The van der Waals surface area contributed by atoms with Crippen molar-refractivity contribution >= 4 is 58.1 Å². The smallest absolute Gasteiger partial charge is 0 e. The van der Waals surface area contributed by atoms with E-state index in [-0.39, 0.29) is 61.1 Å². The maximum Gasteiger partial charge on any atom is 0 e. The van der Waals surface area contributed by atoms with Crippen molar-refractivity contribution in [3.05, 3.63) is 27.8 Å². The Morgan fingerprint density at radius 2 is 2.12 bits per heavy atom. The summed E-state index contributed by atoms with van der Waals surface area (Å²) in [5.74, 6) is 0.408. The molecule has 0 N–H and O–H groups in total. The Bertz CT molecular complexity index is 490. The first-order valence-corrected chi connectivity index (χ1v) is 5.93. The van der Waals surface area contributed by atoms with E-state index in [1.165, 1.54) is 13.2 Å². The maximum absolute atomic E-state index is 10.7. The number of hydrogen-bond acceptors (Lipinski definition) is 6. The normalized spacial score (nSPS) is 8.94. The van der Waals surface area contributed by atoms with E-state index in [9.17, 15) is 14.9 Å². The minimum atomic E-state index is -0.661. The molecule has 0 atom stereocenters. The van der Waals surface area contributed by atoms with E-state index in [4.69, 9.17) is 8.92 Å². The number of nitro groups is 1. The molecule has 1 aromatic carbocycles. The van der Waals surface area contributed by atoms with Gasteiger partial charge in [0.2, 0.25) is 0 Å². The van der Waals surface area contributed by atoms with Crippen molar-refractivity contribution in [1.82, 2.24) is 0 Å². The summed E-state index contributed by atoms with van der Waals surface area (Å²) in [6, 6.07) is 2.38. The molecule has 0 saturated heterocycles. The molecule has 0 aromatic heterocycles. The van der Waals surface area contributed by atoms with Gasteiger partial charge in [0.15, 0.2) is 0 Å². The summed E-state index contributed by atoms with van der Waals surface area (Å²) in [6.45, 7) is 0. The third-order valence-corrected chi connectivity index (χ3v) is 2.30. The van der Waals surface area contributed by atoms with Crippen molar-refractivity contribution in [2.45, 2.75) is 0 Å². The van der Waals surface area contributed by atoms with Crippen LogP contribution in [-0.2, 0) is 11.0 Å². The maximum atomic E-state index is 10.7. The molecule has 0 amide bonds. The van der Waals surface area contributed by atoms with Gasteiger partial charge in [-0.1, -0.05) is 0 Å². The fourth-order valence-electron chi connectivity index (χ4n) is 1.09. The molecule has 0 unspecified atom stereocenters. The number of carbonyl (C=O) groups is 1. The van der Waals surface area contributed by atoms with Crippen LogP contribution in [0, 0.1) is 10.1 Å². The van der Waals surface area contributed by atoms with E-state index < -0.39 is 4.92 Å². The average Bonchev–Trinajstić information content (AvgIpc) is 2.28. The molecule has 1 aromatic rings. The number of carbonyl (C=O) groups excluding carboxylic acids is 1. The number of benzene rings is 1. The third kappa shape index (κ3) is 4.07. The Balaban J connectivity index is 0.00000256. The molecule has 0 aliphatic rings. The van der Waals surface area contributed by atoms with Gasteiger partial charge in [-0.25, -0.2) is 0 Å². The molecule has 89 valence electrons. The molecule has 1 radical (unpaired) electrons. The molecule has 0 saturated carbocycles. The standard InChI is InChI=1S/C8H7NO5PS.Tl/c1-13-7-2-5(4-10)6(9(11)12)3-8(7)14-16-15;/h2-4,16H,1H3;/q-1;. The van der Waals surface area contributed by atoms with E-state index in [1.54, 1.807) is 0 Å². The Hall–Kier alpha value is -0.408. The van der Waals surface area contributed by atoms with E-state index in [1.807, 2.05) is 0 Å². The molecular weight excluding hydrogens is 458 g/mol. The fraction of sp³-hybridized carbons (Fsp3) is 0.125. The van der Waals surface area contributed by atoms with Crippen LogP contribution in [0.4, 0.5) is 5.69 Å². The minimum Gasteiger partial charge on any atom is 0 e. The predicted octanol–water partition coefficient (Wildman–Crippen LogP) is 1.47. The second-order valence-electron chi connectivity index (χ2n) is 2.61. The van der Waals surface area contributed by atoms with Gasteiger partial charge in [-0.2, -0.15) is 0 Å². The first-order chi connectivity index (χ1) is 7.63. The molecule has 1 rings (SSSR count). The van der Waals surface area contributed by atoms with Gasteiger partial charge < -0.3 is 0 Å². The summed E-state index contributed by atoms with van der Waals surface area (Å²) in [7, 11) is 5.18. The number of methoxy groups -OCH3 is 1. The molecule has 0 fully saturated rings. The van der Waals surface area contributed by atoms with E-state index in [2.05, 4.69) is 7.81 Å². The van der Waals surface area contributed by atoms with Crippen LogP contribution in [0.3, 0.4) is 0 Å². The van der Waals surface area contributed by atoms with Crippen LogP contribution in [0.2, 0.25) is 0 Å².